The van der Waals surface area contributed by atoms with E-state index in [4.69, 9.17) is 9.47 Å². The average molecular weight is 294 g/mol. The van der Waals surface area contributed by atoms with Gasteiger partial charge in [0.1, 0.15) is 5.75 Å². The smallest absolute Gasteiger partial charge is 0.322 e. The van der Waals surface area contributed by atoms with Gasteiger partial charge in [-0.1, -0.05) is 6.07 Å². The van der Waals surface area contributed by atoms with Crippen LogP contribution in [0.15, 0.2) is 24.3 Å². The lowest BCUT2D eigenvalue weighted by atomic mass is 10.1. The second-order valence-corrected chi connectivity index (χ2v) is 5.72. The Morgan fingerprint density at radius 3 is 3.00 bits per heavy atom. The molecule has 1 atom stereocenters. The predicted octanol–water partition coefficient (Wildman–Crippen LogP) is 1.70. The van der Waals surface area contributed by atoms with E-state index in [1.807, 2.05) is 26.0 Å². The van der Waals surface area contributed by atoms with Gasteiger partial charge < -0.3 is 24.8 Å². The monoisotopic (exact) mass is 294 g/mol. The van der Waals surface area contributed by atoms with Crippen molar-refractivity contribution in [2.24, 2.45) is 0 Å². The number of aliphatic hydroxyl groups excluding tert-OH is 1. The van der Waals surface area contributed by atoms with E-state index in [1.54, 1.807) is 24.1 Å². The summed E-state index contributed by atoms with van der Waals surface area (Å²) in [5, 5.41) is 12.1. The molecular weight excluding hydrogens is 272 g/mol. The third kappa shape index (κ3) is 4.09. The highest BCUT2D eigenvalue weighted by Crippen LogP contribution is 2.22. The number of anilines is 1. The van der Waals surface area contributed by atoms with E-state index >= 15 is 0 Å². The minimum absolute atomic E-state index is 0.105. The van der Waals surface area contributed by atoms with Gasteiger partial charge in [-0.05, 0) is 26.0 Å². The minimum atomic E-state index is -0.475. The number of hydrogen-bond acceptors (Lipinski definition) is 4. The van der Waals surface area contributed by atoms with Crippen LogP contribution in [0.1, 0.15) is 13.8 Å². The maximum absolute atomic E-state index is 12.4. The van der Waals surface area contributed by atoms with Crippen molar-refractivity contribution >= 4 is 11.7 Å². The van der Waals surface area contributed by atoms with Gasteiger partial charge in [0.05, 0.1) is 38.5 Å². The van der Waals surface area contributed by atoms with Crippen molar-refractivity contribution in [3.63, 3.8) is 0 Å². The van der Waals surface area contributed by atoms with Crippen LogP contribution in [0.4, 0.5) is 10.5 Å². The molecule has 2 amide bonds. The maximum atomic E-state index is 12.4. The fraction of sp³-hybridized carbons (Fsp3) is 0.533. The van der Waals surface area contributed by atoms with Crippen LogP contribution in [0.2, 0.25) is 0 Å². The Morgan fingerprint density at radius 1 is 1.57 bits per heavy atom. The number of morpholine rings is 1. The van der Waals surface area contributed by atoms with Gasteiger partial charge in [-0.2, -0.15) is 0 Å². The Labute approximate surface area is 124 Å². The number of benzene rings is 1. The lowest BCUT2D eigenvalue weighted by molar-refractivity contribution is -0.137. The number of urea groups is 1. The number of rotatable bonds is 3. The summed E-state index contributed by atoms with van der Waals surface area (Å²) in [5.41, 5.74) is 0.196. The number of aliphatic hydroxyl groups is 1. The molecule has 0 aliphatic carbocycles. The van der Waals surface area contributed by atoms with Crippen molar-refractivity contribution in [1.29, 1.82) is 0 Å². The Balaban J connectivity index is 2.05. The summed E-state index contributed by atoms with van der Waals surface area (Å²) in [7, 11) is 1.58. The molecule has 1 saturated heterocycles. The largest absolute Gasteiger partial charge is 0.497 e. The van der Waals surface area contributed by atoms with Crippen molar-refractivity contribution in [1.82, 2.24) is 4.90 Å². The average Bonchev–Trinajstić information content (AvgIpc) is 2.45. The zero-order chi connectivity index (χ0) is 15.5. The number of nitrogens with one attached hydrogen (secondary N) is 1. The molecule has 1 aliphatic rings. The number of amides is 2. The summed E-state index contributed by atoms with van der Waals surface area (Å²) in [5.74, 6) is 0.684. The van der Waals surface area contributed by atoms with Crippen molar-refractivity contribution in [3.05, 3.63) is 24.3 Å². The zero-order valence-corrected chi connectivity index (χ0v) is 12.6. The normalized spacial score (nSPS) is 21.0. The zero-order valence-electron chi connectivity index (χ0n) is 12.6. The Morgan fingerprint density at radius 2 is 2.33 bits per heavy atom. The summed E-state index contributed by atoms with van der Waals surface area (Å²) in [6.07, 6.45) is -0.357. The molecule has 2 N–H and O–H groups in total. The Kier molecular flexibility index (Phi) is 4.69. The SMILES string of the molecule is COc1cccc(NC(=O)N2CC(CO)OC(C)(C)C2)c1. The Bertz CT molecular complexity index is 504. The van der Waals surface area contributed by atoms with Gasteiger partial charge in [-0.25, -0.2) is 4.79 Å². The van der Waals surface area contributed by atoms with Crippen molar-refractivity contribution in [2.45, 2.75) is 25.6 Å². The molecule has 1 aliphatic heterocycles. The second-order valence-electron chi connectivity index (χ2n) is 5.72. The first-order valence-electron chi connectivity index (χ1n) is 6.92. The van der Waals surface area contributed by atoms with Crippen molar-refractivity contribution in [3.8, 4) is 5.75 Å². The first kappa shape index (κ1) is 15.6. The van der Waals surface area contributed by atoms with Gasteiger partial charge in [-0.15, -0.1) is 0 Å². The number of carbonyl (C=O) groups excluding carboxylic acids is 1. The molecule has 1 fully saturated rings. The van der Waals surface area contributed by atoms with E-state index in [0.29, 0.717) is 24.5 Å². The standard InChI is InChI=1S/C15H22N2O4/c1-15(2)10-17(8-13(9-18)21-15)14(19)16-11-5-4-6-12(7-11)20-3/h4-7,13,18H,8-10H2,1-3H3,(H,16,19). The van der Waals surface area contributed by atoms with Gasteiger partial charge in [0.2, 0.25) is 0 Å². The van der Waals surface area contributed by atoms with Gasteiger partial charge >= 0.3 is 6.03 Å². The third-order valence-corrected chi connectivity index (χ3v) is 3.29. The van der Waals surface area contributed by atoms with Crippen molar-refractivity contribution in [2.75, 3.05) is 32.1 Å². The van der Waals surface area contributed by atoms with E-state index in [2.05, 4.69) is 5.32 Å². The molecule has 0 radical (unpaired) electrons. The van der Waals surface area contributed by atoms with Crippen LogP contribution in [0.25, 0.3) is 0 Å². The van der Waals surface area contributed by atoms with Gasteiger partial charge in [-0.3, -0.25) is 0 Å². The quantitative estimate of drug-likeness (QED) is 0.890. The van der Waals surface area contributed by atoms with Crippen LogP contribution in [0, 0.1) is 0 Å². The van der Waals surface area contributed by atoms with Crippen LogP contribution in [-0.4, -0.2) is 54.5 Å². The first-order valence-corrected chi connectivity index (χ1v) is 6.92. The van der Waals surface area contributed by atoms with Crippen LogP contribution < -0.4 is 10.1 Å². The highest BCUT2D eigenvalue weighted by Gasteiger charge is 2.35. The fourth-order valence-corrected chi connectivity index (χ4v) is 2.45. The molecule has 0 saturated carbocycles. The van der Waals surface area contributed by atoms with E-state index in [9.17, 15) is 9.90 Å². The van der Waals surface area contributed by atoms with E-state index in [-0.39, 0.29) is 18.7 Å². The summed E-state index contributed by atoms with van der Waals surface area (Å²) < 4.78 is 10.8. The fourth-order valence-electron chi connectivity index (χ4n) is 2.45. The molecule has 21 heavy (non-hydrogen) atoms. The number of hydrogen-bond donors (Lipinski definition) is 2. The number of ether oxygens (including phenoxy) is 2. The molecule has 1 aromatic rings. The lowest BCUT2D eigenvalue weighted by Gasteiger charge is -2.42. The van der Waals surface area contributed by atoms with E-state index in [0.717, 1.165) is 0 Å². The van der Waals surface area contributed by atoms with Crippen molar-refractivity contribution < 1.29 is 19.4 Å². The molecule has 2 rings (SSSR count). The van der Waals surface area contributed by atoms with E-state index < -0.39 is 5.60 Å². The molecule has 116 valence electrons. The van der Waals surface area contributed by atoms with E-state index in [1.165, 1.54) is 0 Å². The highest BCUT2D eigenvalue weighted by molar-refractivity contribution is 5.89. The molecule has 1 aromatic carbocycles. The maximum Gasteiger partial charge on any atom is 0.322 e. The highest BCUT2D eigenvalue weighted by atomic mass is 16.5. The van der Waals surface area contributed by atoms with Crippen LogP contribution in [0.3, 0.4) is 0 Å². The van der Waals surface area contributed by atoms with Crippen LogP contribution >= 0.6 is 0 Å². The topological polar surface area (TPSA) is 71.0 Å². The first-order chi connectivity index (χ1) is 9.93. The summed E-state index contributed by atoms with van der Waals surface area (Å²) >= 11 is 0. The number of methoxy groups -OCH3 is 1. The Hall–Kier alpha value is -1.79. The molecule has 0 aromatic heterocycles. The molecular formula is C15H22N2O4. The molecule has 6 heteroatoms. The number of nitrogens with zero attached hydrogens (tertiary/aromatic N) is 1. The summed E-state index contributed by atoms with van der Waals surface area (Å²) in [6, 6.07) is 6.98. The summed E-state index contributed by atoms with van der Waals surface area (Å²) in [4.78, 5) is 14.0. The molecule has 0 bridgehead atoms. The number of carbonyl (C=O) groups is 1. The van der Waals surface area contributed by atoms with Gasteiger partial charge in [0, 0.05) is 11.8 Å². The molecule has 1 heterocycles. The van der Waals surface area contributed by atoms with Gasteiger partial charge in [0.25, 0.3) is 0 Å². The minimum Gasteiger partial charge on any atom is -0.497 e. The summed E-state index contributed by atoms with van der Waals surface area (Å²) in [6.45, 7) is 4.54. The van der Waals surface area contributed by atoms with Crippen LogP contribution in [-0.2, 0) is 4.74 Å². The third-order valence-electron chi connectivity index (χ3n) is 3.29. The molecule has 1 unspecified atom stereocenters. The van der Waals surface area contributed by atoms with Gasteiger partial charge in [0.15, 0.2) is 0 Å². The lowest BCUT2D eigenvalue weighted by Crippen LogP contribution is -2.56. The second kappa shape index (κ2) is 6.32. The predicted molar refractivity (Wildman–Crippen MR) is 79.6 cm³/mol. The molecule has 6 nitrogen and oxygen atoms in total. The van der Waals surface area contributed by atoms with Crippen LogP contribution in [0.5, 0.6) is 5.75 Å². The molecule has 0 spiro atoms.